The molecule has 0 spiro atoms. The van der Waals surface area contributed by atoms with Crippen molar-refractivity contribution in [2.24, 2.45) is 0 Å². The van der Waals surface area contributed by atoms with Gasteiger partial charge in [0.25, 0.3) is 17.4 Å². The van der Waals surface area contributed by atoms with Crippen molar-refractivity contribution < 1.29 is 14.4 Å². The fourth-order valence-electron chi connectivity index (χ4n) is 3.88. The number of piperidine rings is 1. The van der Waals surface area contributed by atoms with E-state index in [-0.39, 0.29) is 17.2 Å². The van der Waals surface area contributed by atoms with Crippen molar-refractivity contribution >= 4 is 34.2 Å². The largest absolute Gasteiger partial charge is 0.312 e. The molecule has 1 aliphatic heterocycles. The first-order valence-corrected chi connectivity index (χ1v) is 11.0. The van der Waals surface area contributed by atoms with E-state index in [0.717, 1.165) is 18.5 Å². The molecule has 1 saturated heterocycles. The van der Waals surface area contributed by atoms with Crippen LogP contribution in [-0.2, 0) is 11.3 Å². The van der Waals surface area contributed by atoms with E-state index in [0.29, 0.717) is 42.3 Å². The minimum absolute atomic E-state index is 0.0536. The molecule has 0 bridgehead atoms. The molecule has 2 aromatic carbocycles. The van der Waals surface area contributed by atoms with Crippen LogP contribution in [0.4, 0.5) is 5.69 Å². The molecule has 4 rings (SSSR count). The van der Waals surface area contributed by atoms with Crippen LogP contribution in [0.3, 0.4) is 0 Å². The summed E-state index contributed by atoms with van der Waals surface area (Å²) in [5.74, 6) is -1.05. The Kier molecular flexibility index (Phi) is 6.48. The molecule has 3 amide bonds. The second-order valence-corrected chi connectivity index (χ2v) is 7.88. The number of amides is 3. The number of fused-ring (bicyclic) bond motifs is 1. The van der Waals surface area contributed by atoms with Gasteiger partial charge in [-0.25, -0.2) is 4.68 Å². The maximum atomic E-state index is 12.8. The average molecular weight is 447 g/mol. The van der Waals surface area contributed by atoms with Gasteiger partial charge in [0.1, 0.15) is 0 Å². The molecular formula is C24H25N5O4. The number of nitrogens with one attached hydrogen (secondary N) is 2. The topological polar surface area (TPSA) is 113 Å². The Labute approximate surface area is 190 Å². The number of carbonyl (C=O) groups is 3. The van der Waals surface area contributed by atoms with Crippen molar-refractivity contribution in [3.05, 3.63) is 70.1 Å². The zero-order chi connectivity index (χ0) is 23.4. The molecule has 0 atom stereocenters. The molecular weight excluding hydrogens is 422 g/mol. The smallest absolute Gasteiger partial charge is 0.290 e. The van der Waals surface area contributed by atoms with Gasteiger partial charge in [0, 0.05) is 36.1 Å². The van der Waals surface area contributed by atoms with Crippen LogP contribution in [-0.4, -0.2) is 34.0 Å². The number of anilines is 1. The van der Waals surface area contributed by atoms with Gasteiger partial charge < -0.3 is 4.90 Å². The minimum atomic E-state index is -0.625. The van der Waals surface area contributed by atoms with Gasteiger partial charge in [-0.3, -0.25) is 30.0 Å². The number of rotatable bonds is 5. The Balaban J connectivity index is 1.48. The molecule has 1 aliphatic rings. The third-order valence-corrected chi connectivity index (χ3v) is 5.57. The summed E-state index contributed by atoms with van der Waals surface area (Å²) in [6.07, 6.45) is 3.06. The van der Waals surface area contributed by atoms with E-state index in [4.69, 9.17) is 0 Å². The lowest BCUT2D eigenvalue weighted by Gasteiger charge is -2.26. The van der Waals surface area contributed by atoms with Crippen molar-refractivity contribution in [3.63, 3.8) is 0 Å². The highest BCUT2D eigenvalue weighted by Gasteiger charge is 2.20. The van der Waals surface area contributed by atoms with Crippen LogP contribution in [0.1, 0.15) is 53.5 Å². The standard InChI is InChI=1S/C24H25N5O4/c1-2-14-29-24(33)19-8-4-3-7-18(19)21(27-29)23(32)26-25-22(31)16-10-12-17(13-11-16)28-15-6-5-9-20(28)30/h3-4,7-8,10-13H,2,5-6,9,14-15H2,1H3,(H,25,31)(H,26,32). The molecule has 0 unspecified atom stereocenters. The number of nitrogens with zero attached hydrogens (tertiary/aromatic N) is 3. The van der Waals surface area contributed by atoms with Gasteiger partial charge >= 0.3 is 0 Å². The van der Waals surface area contributed by atoms with Crippen molar-refractivity contribution in [1.29, 1.82) is 0 Å². The molecule has 170 valence electrons. The Hall–Kier alpha value is -4.01. The third-order valence-electron chi connectivity index (χ3n) is 5.57. The second kappa shape index (κ2) is 9.64. The Morgan fingerprint density at radius 3 is 2.33 bits per heavy atom. The molecule has 33 heavy (non-hydrogen) atoms. The van der Waals surface area contributed by atoms with Crippen molar-refractivity contribution in [2.45, 2.75) is 39.2 Å². The number of hydrogen-bond acceptors (Lipinski definition) is 5. The predicted octanol–water partition coefficient (Wildman–Crippen LogP) is 2.40. The first-order chi connectivity index (χ1) is 16.0. The normalized spacial score (nSPS) is 13.7. The van der Waals surface area contributed by atoms with Crippen LogP contribution < -0.4 is 21.3 Å². The minimum Gasteiger partial charge on any atom is -0.312 e. The predicted molar refractivity (Wildman–Crippen MR) is 124 cm³/mol. The average Bonchev–Trinajstić information content (AvgIpc) is 2.84. The molecule has 2 heterocycles. The number of benzene rings is 2. The zero-order valence-corrected chi connectivity index (χ0v) is 18.3. The van der Waals surface area contributed by atoms with Crippen LogP contribution in [0.25, 0.3) is 10.8 Å². The van der Waals surface area contributed by atoms with Crippen LogP contribution >= 0.6 is 0 Å². The van der Waals surface area contributed by atoms with Crippen LogP contribution in [0.2, 0.25) is 0 Å². The fraction of sp³-hybridized carbons (Fsp3) is 0.292. The third kappa shape index (κ3) is 4.62. The van der Waals surface area contributed by atoms with E-state index in [1.165, 1.54) is 4.68 Å². The number of aryl methyl sites for hydroxylation is 1. The summed E-state index contributed by atoms with van der Waals surface area (Å²) in [7, 11) is 0. The monoisotopic (exact) mass is 447 g/mol. The van der Waals surface area contributed by atoms with Crippen molar-refractivity contribution in [1.82, 2.24) is 20.6 Å². The summed E-state index contributed by atoms with van der Waals surface area (Å²) >= 11 is 0. The Morgan fingerprint density at radius 2 is 1.64 bits per heavy atom. The highest BCUT2D eigenvalue weighted by Crippen LogP contribution is 2.21. The molecule has 1 aromatic heterocycles. The molecule has 2 N–H and O–H groups in total. The summed E-state index contributed by atoms with van der Waals surface area (Å²) in [4.78, 5) is 51.7. The maximum Gasteiger partial charge on any atom is 0.290 e. The zero-order valence-electron chi connectivity index (χ0n) is 18.3. The van der Waals surface area contributed by atoms with E-state index < -0.39 is 11.8 Å². The van der Waals surface area contributed by atoms with Gasteiger partial charge in [-0.2, -0.15) is 5.10 Å². The summed E-state index contributed by atoms with van der Waals surface area (Å²) in [6, 6.07) is 13.4. The molecule has 0 radical (unpaired) electrons. The molecule has 9 heteroatoms. The molecule has 9 nitrogen and oxygen atoms in total. The Bertz CT molecular complexity index is 1270. The lowest BCUT2D eigenvalue weighted by atomic mass is 10.1. The van der Waals surface area contributed by atoms with Gasteiger partial charge in [0.05, 0.1) is 5.39 Å². The lowest BCUT2D eigenvalue weighted by molar-refractivity contribution is -0.119. The van der Waals surface area contributed by atoms with E-state index in [1.54, 1.807) is 53.4 Å². The number of carbonyl (C=O) groups excluding carboxylic acids is 3. The molecule has 0 saturated carbocycles. The van der Waals surface area contributed by atoms with Crippen molar-refractivity contribution in [3.8, 4) is 0 Å². The van der Waals surface area contributed by atoms with E-state index in [2.05, 4.69) is 16.0 Å². The summed E-state index contributed by atoms with van der Waals surface area (Å²) < 4.78 is 1.26. The van der Waals surface area contributed by atoms with Crippen LogP contribution in [0.15, 0.2) is 53.3 Å². The van der Waals surface area contributed by atoms with Crippen LogP contribution in [0.5, 0.6) is 0 Å². The van der Waals surface area contributed by atoms with Crippen molar-refractivity contribution in [2.75, 3.05) is 11.4 Å². The van der Waals surface area contributed by atoms with E-state index in [1.807, 2.05) is 6.92 Å². The molecule has 0 aliphatic carbocycles. The molecule has 1 fully saturated rings. The SMILES string of the molecule is CCCn1nc(C(=O)NNC(=O)c2ccc(N3CCCCC3=O)cc2)c2ccccc2c1=O. The lowest BCUT2D eigenvalue weighted by Crippen LogP contribution is -2.42. The van der Waals surface area contributed by atoms with Gasteiger partial charge in [-0.1, -0.05) is 25.1 Å². The summed E-state index contributed by atoms with van der Waals surface area (Å²) in [6.45, 7) is 2.96. The fourth-order valence-corrected chi connectivity index (χ4v) is 3.88. The quantitative estimate of drug-likeness (QED) is 0.583. The number of hydrogen-bond donors (Lipinski definition) is 2. The van der Waals surface area contributed by atoms with Gasteiger partial charge in [0.2, 0.25) is 5.91 Å². The first-order valence-electron chi connectivity index (χ1n) is 11.0. The second-order valence-electron chi connectivity index (χ2n) is 7.88. The summed E-state index contributed by atoms with van der Waals surface area (Å²) in [5, 5.41) is 5.02. The number of hydrazine groups is 1. The highest BCUT2D eigenvalue weighted by atomic mass is 16.2. The van der Waals surface area contributed by atoms with E-state index in [9.17, 15) is 19.2 Å². The first kappa shape index (κ1) is 22.2. The van der Waals surface area contributed by atoms with E-state index >= 15 is 0 Å². The van der Waals surface area contributed by atoms with Crippen LogP contribution in [0, 0.1) is 0 Å². The highest BCUT2D eigenvalue weighted by molar-refractivity contribution is 6.06. The maximum absolute atomic E-state index is 12.8. The number of aromatic nitrogens is 2. The summed E-state index contributed by atoms with van der Waals surface area (Å²) in [5.41, 5.74) is 5.64. The Morgan fingerprint density at radius 1 is 0.939 bits per heavy atom. The van der Waals surface area contributed by atoms with Gasteiger partial charge in [0.15, 0.2) is 5.69 Å². The molecule has 3 aromatic rings. The van der Waals surface area contributed by atoms with Gasteiger partial charge in [-0.05, 0) is 49.6 Å². The van der Waals surface area contributed by atoms with Gasteiger partial charge in [-0.15, -0.1) is 0 Å².